The number of aromatic nitrogens is 1. The number of hydrogen-bond acceptors (Lipinski definition) is 5. The number of nitrogens with zero attached hydrogens (tertiary/aromatic N) is 2. The van der Waals surface area contributed by atoms with Crippen molar-refractivity contribution in [1.82, 2.24) is 4.98 Å². The number of oxime groups is 1. The van der Waals surface area contributed by atoms with Crippen LogP contribution in [-0.4, -0.2) is 24.0 Å². The average molecular weight is 442 g/mol. The Kier molecular flexibility index (Phi) is 7.26. The molecule has 0 atom stereocenters. The van der Waals surface area contributed by atoms with Gasteiger partial charge in [-0.15, -0.1) is 0 Å². The highest BCUT2D eigenvalue weighted by atomic mass is 79.9. The van der Waals surface area contributed by atoms with Crippen LogP contribution in [0.1, 0.15) is 11.1 Å². The van der Waals surface area contributed by atoms with Crippen LogP contribution in [-0.2, 0) is 11.4 Å². The zero-order valence-electron chi connectivity index (χ0n) is 15.1. The number of ether oxygens (including phenoxy) is 2. The predicted octanol–water partition coefficient (Wildman–Crippen LogP) is 4.14. The molecule has 0 aliphatic rings. The molecule has 2 N–H and O–H groups in total. The summed E-state index contributed by atoms with van der Waals surface area (Å²) in [7, 11) is 0. The van der Waals surface area contributed by atoms with Crippen molar-refractivity contribution in [1.29, 1.82) is 0 Å². The minimum Gasteiger partial charge on any atom is -0.490 e. The lowest BCUT2D eigenvalue weighted by atomic mass is 10.2. The van der Waals surface area contributed by atoms with E-state index in [9.17, 15) is 0 Å². The van der Waals surface area contributed by atoms with Gasteiger partial charge in [-0.2, -0.15) is 0 Å². The molecule has 0 aliphatic heterocycles. The molecule has 28 heavy (non-hydrogen) atoms. The Morgan fingerprint density at radius 2 is 1.82 bits per heavy atom. The number of hydrogen-bond donors (Lipinski definition) is 1. The summed E-state index contributed by atoms with van der Waals surface area (Å²) in [6, 6.07) is 18.8. The van der Waals surface area contributed by atoms with Gasteiger partial charge in [-0.05, 0) is 42.5 Å². The Hall–Kier alpha value is -3.06. The van der Waals surface area contributed by atoms with Crippen LogP contribution in [0.2, 0.25) is 0 Å². The molecule has 0 saturated carbocycles. The first-order valence-electron chi connectivity index (χ1n) is 8.66. The molecule has 1 aromatic heterocycles. The first-order valence-corrected chi connectivity index (χ1v) is 9.46. The lowest BCUT2D eigenvalue weighted by Gasteiger charge is -2.08. The second-order valence-electron chi connectivity index (χ2n) is 5.79. The SMILES string of the molecule is N/C(=N/OCCOc1ccc(Br)cc1)c1cccc(OCc2cccnc2)c1. The smallest absolute Gasteiger partial charge is 0.170 e. The van der Waals surface area contributed by atoms with Crippen LogP contribution in [0.15, 0.2) is 82.7 Å². The van der Waals surface area contributed by atoms with Crippen LogP contribution in [0.5, 0.6) is 11.5 Å². The van der Waals surface area contributed by atoms with Gasteiger partial charge in [0.05, 0.1) is 0 Å². The third kappa shape index (κ3) is 6.28. The van der Waals surface area contributed by atoms with E-state index >= 15 is 0 Å². The third-order valence-electron chi connectivity index (χ3n) is 3.68. The molecule has 0 fully saturated rings. The molecular formula is C21H20BrN3O3. The standard InChI is InChI=1S/C21H20BrN3O3/c22-18-6-8-19(9-7-18)26-11-12-28-25-21(23)17-4-1-5-20(13-17)27-15-16-3-2-10-24-14-16/h1-10,13-14H,11-12,15H2,(H2,23,25). The average Bonchev–Trinajstić information content (AvgIpc) is 2.74. The summed E-state index contributed by atoms with van der Waals surface area (Å²) in [4.78, 5) is 9.31. The molecule has 3 rings (SSSR count). The van der Waals surface area contributed by atoms with Crippen LogP contribution >= 0.6 is 15.9 Å². The van der Waals surface area contributed by atoms with Crippen molar-refractivity contribution in [3.8, 4) is 11.5 Å². The van der Waals surface area contributed by atoms with Crippen LogP contribution in [0.4, 0.5) is 0 Å². The van der Waals surface area contributed by atoms with Gasteiger partial charge in [-0.1, -0.05) is 39.3 Å². The van der Waals surface area contributed by atoms with E-state index in [4.69, 9.17) is 20.0 Å². The molecule has 0 unspecified atom stereocenters. The molecule has 0 aliphatic carbocycles. The fourth-order valence-corrected chi connectivity index (χ4v) is 2.56. The van der Waals surface area contributed by atoms with Crippen molar-refractivity contribution >= 4 is 21.8 Å². The zero-order valence-corrected chi connectivity index (χ0v) is 16.7. The molecule has 0 saturated heterocycles. The first-order chi connectivity index (χ1) is 13.7. The molecule has 0 amide bonds. The second-order valence-corrected chi connectivity index (χ2v) is 6.71. The van der Waals surface area contributed by atoms with Crippen LogP contribution < -0.4 is 15.2 Å². The van der Waals surface area contributed by atoms with Gasteiger partial charge in [0.1, 0.15) is 24.7 Å². The topological polar surface area (TPSA) is 79.0 Å². The molecule has 0 bridgehead atoms. The Morgan fingerprint density at radius 1 is 0.964 bits per heavy atom. The first kappa shape index (κ1) is 19.7. The summed E-state index contributed by atoms with van der Waals surface area (Å²) in [6.45, 7) is 1.08. The van der Waals surface area contributed by atoms with Gasteiger partial charge in [0, 0.05) is 28.0 Å². The number of nitrogens with two attached hydrogens (primary N) is 1. The van der Waals surface area contributed by atoms with Gasteiger partial charge in [0.15, 0.2) is 12.4 Å². The lowest BCUT2D eigenvalue weighted by Crippen LogP contribution is -2.15. The van der Waals surface area contributed by atoms with Gasteiger partial charge < -0.3 is 20.0 Å². The fraction of sp³-hybridized carbons (Fsp3) is 0.143. The predicted molar refractivity (Wildman–Crippen MR) is 111 cm³/mol. The van der Waals surface area contributed by atoms with E-state index in [-0.39, 0.29) is 12.4 Å². The van der Waals surface area contributed by atoms with Crippen molar-refractivity contribution in [3.63, 3.8) is 0 Å². The summed E-state index contributed by atoms with van der Waals surface area (Å²) in [5, 5.41) is 3.94. The van der Waals surface area contributed by atoms with Crippen molar-refractivity contribution < 1.29 is 14.3 Å². The van der Waals surface area contributed by atoms with Crippen molar-refractivity contribution in [3.05, 3.63) is 88.7 Å². The summed E-state index contributed by atoms with van der Waals surface area (Å²) in [5.41, 5.74) is 7.70. The molecule has 0 radical (unpaired) electrons. The molecule has 2 aromatic carbocycles. The number of pyridine rings is 1. The van der Waals surface area contributed by atoms with Gasteiger partial charge in [-0.3, -0.25) is 4.98 Å². The van der Waals surface area contributed by atoms with Gasteiger partial charge >= 0.3 is 0 Å². The second kappa shape index (κ2) is 10.3. The third-order valence-corrected chi connectivity index (χ3v) is 4.21. The maximum Gasteiger partial charge on any atom is 0.170 e. The minimum absolute atomic E-state index is 0.274. The summed E-state index contributed by atoms with van der Waals surface area (Å²) in [5.74, 6) is 1.73. The Bertz CT molecular complexity index is 902. The molecule has 0 spiro atoms. The van der Waals surface area contributed by atoms with E-state index in [1.807, 2.05) is 60.7 Å². The number of amidine groups is 1. The highest BCUT2D eigenvalue weighted by Gasteiger charge is 2.03. The van der Waals surface area contributed by atoms with Crippen molar-refractivity contribution in [2.24, 2.45) is 10.9 Å². The summed E-state index contributed by atoms with van der Waals surface area (Å²) < 4.78 is 12.3. The van der Waals surface area contributed by atoms with Crippen LogP contribution in [0, 0.1) is 0 Å². The monoisotopic (exact) mass is 441 g/mol. The van der Waals surface area contributed by atoms with E-state index in [1.165, 1.54) is 0 Å². The lowest BCUT2D eigenvalue weighted by molar-refractivity contribution is 0.107. The molecular weight excluding hydrogens is 422 g/mol. The maximum absolute atomic E-state index is 5.99. The van der Waals surface area contributed by atoms with E-state index in [0.717, 1.165) is 21.3 Å². The van der Waals surface area contributed by atoms with Gasteiger partial charge in [0.2, 0.25) is 0 Å². The van der Waals surface area contributed by atoms with E-state index in [1.54, 1.807) is 12.4 Å². The Labute approximate surface area is 172 Å². The molecule has 1 heterocycles. The number of benzene rings is 2. The highest BCUT2D eigenvalue weighted by Crippen LogP contribution is 2.16. The number of halogens is 1. The minimum atomic E-state index is 0.274. The largest absolute Gasteiger partial charge is 0.490 e. The van der Waals surface area contributed by atoms with Crippen LogP contribution in [0.3, 0.4) is 0 Å². The van der Waals surface area contributed by atoms with Crippen molar-refractivity contribution in [2.75, 3.05) is 13.2 Å². The van der Waals surface area contributed by atoms with E-state index in [2.05, 4.69) is 26.1 Å². The normalized spacial score (nSPS) is 11.1. The van der Waals surface area contributed by atoms with Crippen LogP contribution in [0.25, 0.3) is 0 Å². The van der Waals surface area contributed by atoms with E-state index < -0.39 is 0 Å². The highest BCUT2D eigenvalue weighted by molar-refractivity contribution is 9.10. The van der Waals surface area contributed by atoms with Gasteiger partial charge in [-0.25, -0.2) is 0 Å². The molecule has 3 aromatic rings. The molecule has 6 nitrogen and oxygen atoms in total. The quantitative estimate of drug-likeness (QED) is 0.233. The summed E-state index contributed by atoms with van der Waals surface area (Å²) in [6.07, 6.45) is 3.50. The Balaban J connectivity index is 1.46. The summed E-state index contributed by atoms with van der Waals surface area (Å²) >= 11 is 3.38. The Morgan fingerprint density at radius 3 is 2.61 bits per heavy atom. The van der Waals surface area contributed by atoms with Crippen molar-refractivity contribution in [2.45, 2.75) is 6.61 Å². The van der Waals surface area contributed by atoms with E-state index in [0.29, 0.717) is 19.0 Å². The number of rotatable bonds is 9. The fourth-order valence-electron chi connectivity index (χ4n) is 2.29. The zero-order chi connectivity index (χ0) is 19.6. The molecule has 7 heteroatoms. The van der Waals surface area contributed by atoms with Gasteiger partial charge in [0.25, 0.3) is 0 Å². The molecule has 144 valence electrons. The maximum atomic E-state index is 5.99.